The minimum atomic E-state index is -2.65. The second-order valence-corrected chi connectivity index (χ2v) is 1.81. The molecule has 1 rings (SSSR count). The van der Waals surface area contributed by atoms with Crippen molar-refractivity contribution >= 4 is 12.0 Å². The molecule has 0 saturated heterocycles. The summed E-state index contributed by atoms with van der Waals surface area (Å²) in [5.74, 6) is -2.09. The van der Waals surface area contributed by atoms with Gasteiger partial charge >= 0.3 is 0 Å². The first kappa shape index (κ1) is 7.05. The Morgan fingerprint density at radius 2 is 2.40 bits per heavy atom. The third kappa shape index (κ3) is 1.26. The van der Waals surface area contributed by atoms with Gasteiger partial charge < -0.3 is 0 Å². The van der Waals surface area contributed by atoms with Crippen LogP contribution in [0.4, 0.5) is 8.78 Å². The molecule has 1 unspecified atom stereocenters. The molecule has 10 heavy (non-hydrogen) atoms. The summed E-state index contributed by atoms with van der Waals surface area (Å²) in [7, 11) is 0. The molecule has 0 amide bonds. The van der Waals surface area contributed by atoms with Crippen molar-refractivity contribution in [3.63, 3.8) is 0 Å². The first-order valence-corrected chi connectivity index (χ1v) is 2.66. The van der Waals surface area contributed by atoms with Crippen LogP contribution in [-0.4, -0.2) is 18.4 Å². The van der Waals surface area contributed by atoms with Crippen molar-refractivity contribution in [3.05, 3.63) is 12.3 Å². The van der Waals surface area contributed by atoms with Crippen molar-refractivity contribution in [2.24, 2.45) is 10.9 Å². The van der Waals surface area contributed by atoms with Gasteiger partial charge in [-0.2, -0.15) is 0 Å². The number of Topliss-reactive ketones (excluding diaryl/α,β-unsaturated/α-hetero) is 1. The van der Waals surface area contributed by atoms with Crippen LogP contribution in [0, 0.1) is 5.92 Å². The number of carbonyl (C=O) groups is 1. The Kier molecular flexibility index (Phi) is 1.89. The summed E-state index contributed by atoms with van der Waals surface area (Å²) >= 11 is 0. The lowest BCUT2D eigenvalue weighted by atomic mass is 10.0. The lowest BCUT2D eigenvalue weighted by Crippen LogP contribution is -2.22. The van der Waals surface area contributed by atoms with E-state index in [4.69, 9.17) is 0 Å². The number of alkyl halides is 2. The highest BCUT2D eigenvalue weighted by atomic mass is 19.3. The Balaban J connectivity index is 2.70. The van der Waals surface area contributed by atoms with Gasteiger partial charge in [0.25, 0.3) is 6.43 Å². The van der Waals surface area contributed by atoms with Gasteiger partial charge in [0.2, 0.25) is 0 Å². The molecule has 1 atom stereocenters. The molecular formula is C6H4F2NO. The van der Waals surface area contributed by atoms with E-state index in [2.05, 4.69) is 4.99 Å². The van der Waals surface area contributed by atoms with E-state index < -0.39 is 18.1 Å². The van der Waals surface area contributed by atoms with Gasteiger partial charge in [-0.15, -0.1) is 0 Å². The van der Waals surface area contributed by atoms with E-state index in [-0.39, 0.29) is 0 Å². The highest BCUT2D eigenvalue weighted by molar-refractivity contribution is 6.29. The van der Waals surface area contributed by atoms with Crippen molar-refractivity contribution in [2.75, 3.05) is 0 Å². The van der Waals surface area contributed by atoms with Gasteiger partial charge in [-0.25, -0.2) is 8.78 Å². The minimum Gasteiger partial charge on any atom is -0.291 e. The van der Waals surface area contributed by atoms with Crippen LogP contribution in [0.5, 0.6) is 0 Å². The third-order valence-electron chi connectivity index (χ3n) is 1.12. The Morgan fingerprint density at radius 3 is 2.80 bits per heavy atom. The lowest BCUT2D eigenvalue weighted by molar-refractivity contribution is -0.118. The van der Waals surface area contributed by atoms with Crippen molar-refractivity contribution in [3.8, 4) is 0 Å². The molecule has 0 aliphatic carbocycles. The zero-order valence-electron chi connectivity index (χ0n) is 4.92. The van der Waals surface area contributed by atoms with Crippen molar-refractivity contribution in [1.29, 1.82) is 0 Å². The predicted molar refractivity (Wildman–Crippen MR) is 31.1 cm³/mol. The highest BCUT2D eigenvalue weighted by Crippen LogP contribution is 2.13. The fraction of sp³-hybridized carbons (Fsp3) is 0.333. The summed E-state index contributed by atoms with van der Waals surface area (Å²) in [5, 5.41) is 0. The SMILES string of the molecule is O=C1[C]=NC=CC1C(F)F. The van der Waals surface area contributed by atoms with E-state index >= 15 is 0 Å². The minimum absolute atomic E-state index is 0.752. The number of allylic oxidation sites excluding steroid dienone is 1. The number of ketones is 1. The first-order valence-electron chi connectivity index (χ1n) is 2.66. The molecule has 0 aromatic rings. The number of rotatable bonds is 1. The molecule has 0 fully saturated rings. The molecule has 0 bridgehead atoms. The average molecular weight is 144 g/mol. The van der Waals surface area contributed by atoms with E-state index in [1.54, 1.807) is 0 Å². The molecule has 0 saturated carbocycles. The van der Waals surface area contributed by atoms with Gasteiger partial charge in [0.15, 0.2) is 5.78 Å². The molecule has 1 heterocycles. The molecule has 0 N–H and O–H groups in total. The van der Waals surface area contributed by atoms with Crippen LogP contribution in [-0.2, 0) is 4.79 Å². The molecule has 0 aromatic heterocycles. The van der Waals surface area contributed by atoms with Crippen LogP contribution in [0.1, 0.15) is 0 Å². The quantitative estimate of drug-likeness (QED) is 0.537. The van der Waals surface area contributed by atoms with E-state index in [1.807, 2.05) is 6.21 Å². The lowest BCUT2D eigenvalue weighted by Gasteiger charge is -2.07. The van der Waals surface area contributed by atoms with Gasteiger partial charge in [-0.05, 0) is 6.08 Å². The fourth-order valence-corrected chi connectivity index (χ4v) is 0.597. The van der Waals surface area contributed by atoms with Gasteiger partial charge in [-0.1, -0.05) is 0 Å². The number of hydrogen-bond donors (Lipinski definition) is 0. The summed E-state index contributed by atoms with van der Waals surface area (Å²) in [6.07, 6.45) is 1.51. The van der Waals surface area contributed by atoms with Crippen molar-refractivity contribution < 1.29 is 13.6 Å². The fourth-order valence-electron chi connectivity index (χ4n) is 0.597. The molecule has 2 nitrogen and oxygen atoms in total. The van der Waals surface area contributed by atoms with Crippen LogP contribution in [0.25, 0.3) is 0 Å². The monoisotopic (exact) mass is 144 g/mol. The second kappa shape index (κ2) is 2.68. The van der Waals surface area contributed by atoms with Gasteiger partial charge in [-0.3, -0.25) is 9.79 Å². The summed E-state index contributed by atoms with van der Waals surface area (Å²) in [5.41, 5.74) is 0. The van der Waals surface area contributed by atoms with Crippen LogP contribution in [0.15, 0.2) is 17.3 Å². The van der Waals surface area contributed by atoms with Gasteiger partial charge in [0, 0.05) is 6.20 Å². The smallest absolute Gasteiger partial charge is 0.252 e. The van der Waals surface area contributed by atoms with Crippen LogP contribution in [0.2, 0.25) is 0 Å². The Labute approximate surface area is 56.3 Å². The zero-order valence-corrected chi connectivity index (χ0v) is 4.92. The Morgan fingerprint density at radius 1 is 1.70 bits per heavy atom. The predicted octanol–water partition coefficient (Wildman–Crippen LogP) is 0.912. The normalized spacial score (nSPS) is 24.3. The molecule has 0 spiro atoms. The zero-order chi connectivity index (χ0) is 7.56. The van der Waals surface area contributed by atoms with E-state index in [1.165, 1.54) is 0 Å². The summed E-state index contributed by atoms with van der Waals surface area (Å²) < 4.78 is 23.6. The number of halogens is 2. The van der Waals surface area contributed by atoms with Crippen molar-refractivity contribution in [1.82, 2.24) is 0 Å². The number of aliphatic imine (C=N–C) groups is 1. The molecule has 1 radical (unpaired) electrons. The number of carbonyl (C=O) groups excluding carboxylic acids is 1. The third-order valence-corrected chi connectivity index (χ3v) is 1.12. The number of hydrogen-bond acceptors (Lipinski definition) is 2. The largest absolute Gasteiger partial charge is 0.291 e. The molecular weight excluding hydrogens is 140 g/mol. The summed E-state index contributed by atoms with van der Waals surface area (Å²) in [4.78, 5) is 13.8. The van der Waals surface area contributed by atoms with Crippen LogP contribution >= 0.6 is 0 Å². The van der Waals surface area contributed by atoms with Crippen molar-refractivity contribution in [2.45, 2.75) is 6.43 Å². The topological polar surface area (TPSA) is 29.4 Å². The summed E-state index contributed by atoms with van der Waals surface area (Å²) in [6.45, 7) is 0. The van der Waals surface area contributed by atoms with E-state index in [9.17, 15) is 13.6 Å². The number of nitrogens with zero attached hydrogens (tertiary/aromatic N) is 1. The molecule has 4 heteroatoms. The molecule has 1 aliphatic heterocycles. The molecule has 0 aromatic carbocycles. The van der Waals surface area contributed by atoms with E-state index in [0.717, 1.165) is 12.3 Å². The molecule has 53 valence electrons. The maximum Gasteiger partial charge on any atom is 0.252 e. The van der Waals surface area contributed by atoms with Crippen LogP contribution in [0.3, 0.4) is 0 Å². The second-order valence-electron chi connectivity index (χ2n) is 1.81. The van der Waals surface area contributed by atoms with Gasteiger partial charge in [0.05, 0.1) is 0 Å². The Bertz CT molecular complexity index is 198. The summed E-state index contributed by atoms with van der Waals surface area (Å²) in [6, 6.07) is 0. The standard InChI is InChI=1S/C6H4F2NO/c7-6(8)4-1-2-9-3-5(4)10/h1-2,4,6H. The maximum absolute atomic E-state index is 11.8. The Hall–Kier alpha value is -1.06. The molecule has 1 aliphatic rings. The first-order chi connectivity index (χ1) is 4.72. The average Bonchev–Trinajstić information content (AvgIpc) is 1.88. The van der Waals surface area contributed by atoms with Crippen LogP contribution < -0.4 is 0 Å². The van der Waals surface area contributed by atoms with E-state index in [0.29, 0.717) is 0 Å². The maximum atomic E-state index is 11.8. The van der Waals surface area contributed by atoms with Gasteiger partial charge in [0.1, 0.15) is 12.1 Å². The highest BCUT2D eigenvalue weighted by Gasteiger charge is 2.25.